The van der Waals surface area contributed by atoms with E-state index in [9.17, 15) is 4.39 Å². The van der Waals surface area contributed by atoms with Gasteiger partial charge in [-0.3, -0.25) is 0 Å². The summed E-state index contributed by atoms with van der Waals surface area (Å²) in [4.78, 5) is 3.11. The molecule has 2 N–H and O–H groups in total. The lowest BCUT2D eigenvalue weighted by Crippen LogP contribution is -2.01. The molecule has 0 radical (unpaired) electrons. The summed E-state index contributed by atoms with van der Waals surface area (Å²) >= 11 is 0. The maximum atomic E-state index is 13.3. The molecule has 2 heterocycles. The van der Waals surface area contributed by atoms with Crippen molar-refractivity contribution in [3.8, 4) is 0 Å². The molecule has 1 aromatic heterocycles. The standard InChI is InChI=1S/C10H9FN2/c11-8-3-1-2-6-7-4-12-5-9(7)13-10(6)8/h1-3,12-13H,4-5H2. The van der Waals surface area contributed by atoms with E-state index in [0.29, 0.717) is 5.52 Å². The van der Waals surface area contributed by atoms with E-state index in [1.165, 1.54) is 11.6 Å². The van der Waals surface area contributed by atoms with Crippen molar-refractivity contribution in [2.45, 2.75) is 13.1 Å². The zero-order valence-electron chi connectivity index (χ0n) is 7.02. The monoisotopic (exact) mass is 176 g/mol. The van der Waals surface area contributed by atoms with Gasteiger partial charge in [0.2, 0.25) is 0 Å². The lowest BCUT2D eigenvalue weighted by molar-refractivity contribution is 0.636. The largest absolute Gasteiger partial charge is 0.355 e. The minimum Gasteiger partial charge on any atom is -0.355 e. The Morgan fingerprint density at radius 2 is 2.15 bits per heavy atom. The van der Waals surface area contributed by atoms with Crippen molar-refractivity contribution in [3.05, 3.63) is 35.3 Å². The number of H-pyrrole nitrogens is 1. The van der Waals surface area contributed by atoms with Crippen molar-refractivity contribution in [3.63, 3.8) is 0 Å². The maximum absolute atomic E-state index is 13.3. The van der Waals surface area contributed by atoms with E-state index >= 15 is 0 Å². The molecule has 66 valence electrons. The molecule has 0 spiro atoms. The van der Waals surface area contributed by atoms with Crippen LogP contribution in [0.1, 0.15) is 11.3 Å². The van der Waals surface area contributed by atoms with Crippen LogP contribution in [0.4, 0.5) is 4.39 Å². The van der Waals surface area contributed by atoms with Gasteiger partial charge in [0.25, 0.3) is 0 Å². The van der Waals surface area contributed by atoms with E-state index in [2.05, 4.69) is 10.3 Å². The molecule has 1 aliphatic rings. The molecule has 3 heteroatoms. The van der Waals surface area contributed by atoms with Crippen molar-refractivity contribution in [2.24, 2.45) is 0 Å². The van der Waals surface area contributed by atoms with Crippen molar-refractivity contribution < 1.29 is 4.39 Å². The normalized spacial score (nSPS) is 15.2. The minimum atomic E-state index is -0.160. The molecular formula is C10H9FN2. The number of halogens is 1. The SMILES string of the molecule is Fc1cccc2c3c([nH]c12)CNC3. The van der Waals surface area contributed by atoms with Crippen LogP contribution in [0.5, 0.6) is 0 Å². The number of aromatic nitrogens is 1. The third-order valence-corrected chi connectivity index (χ3v) is 2.58. The van der Waals surface area contributed by atoms with Crippen LogP contribution in [0.15, 0.2) is 18.2 Å². The molecule has 0 amide bonds. The van der Waals surface area contributed by atoms with Crippen molar-refractivity contribution in [1.82, 2.24) is 10.3 Å². The highest BCUT2D eigenvalue weighted by Gasteiger charge is 2.17. The number of hydrogen-bond donors (Lipinski definition) is 2. The molecule has 13 heavy (non-hydrogen) atoms. The summed E-state index contributed by atoms with van der Waals surface area (Å²) in [5, 5.41) is 4.24. The molecule has 2 aromatic rings. The number of aromatic amines is 1. The van der Waals surface area contributed by atoms with Crippen LogP contribution in [0.25, 0.3) is 10.9 Å². The smallest absolute Gasteiger partial charge is 0.147 e. The van der Waals surface area contributed by atoms with Gasteiger partial charge in [-0.25, -0.2) is 4.39 Å². The molecule has 1 aliphatic heterocycles. The Kier molecular flexibility index (Phi) is 1.27. The summed E-state index contributed by atoms with van der Waals surface area (Å²) in [6.45, 7) is 1.67. The van der Waals surface area contributed by atoms with Crippen LogP contribution in [0, 0.1) is 5.82 Å². The van der Waals surface area contributed by atoms with Gasteiger partial charge in [0.05, 0.1) is 5.52 Å². The Hall–Kier alpha value is -1.35. The first-order chi connectivity index (χ1) is 6.36. The zero-order valence-corrected chi connectivity index (χ0v) is 7.02. The summed E-state index contributed by atoms with van der Waals surface area (Å²) in [5.41, 5.74) is 2.99. The lowest BCUT2D eigenvalue weighted by atomic mass is 10.1. The Bertz CT molecular complexity index is 473. The molecule has 3 rings (SSSR count). The number of rotatable bonds is 0. The Morgan fingerprint density at radius 1 is 1.23 bits per heavy atom. The topological polar surface area (TPSA) is 27.8 Å². The fourth-order valence-electron chi connectivity index (χ4n) is 1.96. The van der Waals surface area contributed by atoms with E-state index in [1.807, 2.05) is 6.07 Å². The fraction of sp³-hybridized carbons (Fsp3) is 0.200. The van der Waals surface area contributed by atoms with E-state index < -0.39 is 0 Å². The molecule has 1 aromatic carbocycles. The third kappa shape index (κ3) is 0.848. The zero-order chi connectivity index (χ0) is 8.84. The predicted molar refractivity (Wildman–Crippen MR) is 48.8 cm³/mol. The van der Waals surface area contributed by atoms with Crippen LogP contribution in [-0.2, 0) is 13.1 Å². The number of nitrogens with one attached hydrogen (secondary N) is 2. The van der Waals surface area contributed by atoms with Gasteiger partial charge < -0.3 is 10.3 Å². The second-order valence-corrected chi connectivity index (χ2v) is 3.35. The van der Waals surface area contributed by atoms with Crippen LogP contribution >= 0.6 is 0 Å². The summed E-state index contributed by atoms with van der Waals surface area (Å²) in [6, 6.07) is 5.20. The number of fused-ring (bicyclic) bond motifs is 3. The molecule has 2 nitrogen and oxygen atoms in total. The van der Waals surface area contributed by atoms with Gasteiger partial charge in [-0.1, -0.05) is 12.1 Å². The van der Waals surface area contributed by atoms with Crippen LogP contribution in [-0.4, -0.2) is 4.98 Å². The lowest BCUT2D eigenvalue weighted by Gasteiger charge is -1.94. The molecular weight excluding hydrogens is 167 g/mol. The highest BCUT2D eigenvalue weighted by molar-refractivity contribution is 5.85. The van der Waals surface area contributed by atoms with Crippen molar-refractivity contribution >= 4 is 10.9 Å². The second kappa shape index (κ2) is 2.33. The molecule has 0 unspecified atom stereocenters. The maximum Gasteiger partial charge on any atom is 0.147 e. The first-order valence-electron chi connectivity index (χ1n) is 4.35. The van der Waals surface area contributed by atoms with E-state index in [1.54, 1.807) is 6.07 Å². The molecule has 0 aliphatic carbocycles. The quantitative estimate of drug-likeness (QED) is 0.630. The van der Waals surface area contributed by atoms with Crippen molar-refractivity contribution in [2.75, 3.05) is 0 Å². The average Bonchev–Trinajstić information content (AvgIpc) is 2.65. The minimum absolute atomic E-state index is 0.160. The van der Waals surface area contributed by atoms with Gasteiger partial charge in [0.15, 0.2) is 0 Å². The number of hydrogen-bond acceptors (Lipinski definition) is 1. The first kappa shape index (κ1) is 7.09. The van der Waals surface area contributed by atoms with Gasteiger partial charge in [-0.05, 0) is 11.6 Å². The highest BCUT2D eigenvalue weighted by Crippen LogP contribution is 2.27. The first-order valence-corrected chi connectivity index (χ1v) is 4.35. The van der Waals surface area contributed by atoms with E-state index in [4.69, 9.17) is 0 Å². The number of para-hydroxylation sites is 1. The van der Waals surface area contributed by atoms with Gasteiger partial charge in [-0.2, -0.15) is 0 Å². The third-order valence-electron chi connectivity index (χ3n) is 2.58. The molecule has 0 bridgehead atoms. The van der Waals surface area contributed by atoms with Crippen molar-refractivity contribution in [1.29, 1.82) is 0 Å². The van der Waals surface area contributed by atoms with E-state index in [0.717, 1.165) is 24.2 Å². The summed E-state index contributed by atoms with van der Waals surface area (Å²) < 4.78 is 13.3. The Labute approximate surface area is 74.8 Å². The Morgan fingerprint density at radius 3 is 3.08 bits per heavy atom. The molecule has 0 fully saturated rings. The average molecular weight is 176 g/mol. The molecule has 0 saturated heterocycles. The summed E-state index contributed by atoms with van der Waals surface area (Å²) in [7, 11) is 0. The van der Waals surface area contributed by atoms with E-state index in [-0.39, 0.29) is 5.82 Å². The van der Waals surface area contributed by atoms with Crippen LogP contribution in [0.3, 0.4) is 0 Å². The molecule has 0 atom stereocenters. The Balaban J connectivity index is 2.44. The van der Waals surface area contributed by atoms with Crippen LogP contribution < -0.4 is 5.32 Å². The summed E-state index contributed by atoms with van der Waals surface area (Å²) in [5.74, 6) is -0.160. The second-order valence-electron chi connectivity index (χ2n) is 3.35. The summed E-state index contributed by atoms with van der Waals surface area (Å²) in [6.07, 6.45) is 0. The highest BCUT2D eigenvalue weighted by atomic mass is 19.1. The van der Waals surface area contributed by atoms with Gasteiger partial charge in [0, 0.05) is 24.2 Å². The van der Waals surface area contributed by atoms with Gasteiger partial charge in [0.1, 0.15) is 5.82 Å². The molecule has 0 saturated carbocycles. The van der Waals surface area contributed by atoms with Crippen LogP contribution in [0.2, 0.25) is 0 Å². The fourth-order valence-corrected chi connectivity index (χ4v) is 1.96. The van der Waals surface area contributed by atoms with Gasteiger partial charge in [-0.15, -0.1) is 0 Å². The predicted octanol–water partition coefficient (Wildman–Crippen LogP) is 1.91. The number of benzene rings is 1. The van der Waals surface area contributed by atoms with Gasteiger partial charge >= 0.3 is 0 Å².